The summed E-state index contributed by atoms with van der Waals surface area (Å²) in [6.07, 6.45) is 0.854. The van der Waals surface area contributed by atoms with E-state index in [0.717, 1.165) is 22.4 Å². The molecule has 3 rings (SSSR count). The molecule has 4 heteroatoms. The van der Waals surface area contributed by atoms with Crippen LogP contribution in [0.4, 0.5) is 0 Å². The van der Waals surface area contributed by atoms with Gasteiger partial charge in [-0.15, -0.1) is 0 Å². The molecule has 0 saturated carbocycles. The zero-order chi connectivity index (χ0) is 18.2. The molecular weight excluding hydrogens is 342 g/mol. The van der Waals surface area contributed by atoms with Gasteiger partial charge in [0.1, 0.15) is 0 Å². The van der Waals surface area contributed by atoms with E-state index in [2.05, 4.69) is 0 Å². The fourth-order valence-corrected chi connectivity index (χ4v) is 4.04. The third-order valence-electron chi connectivity index (χ3n) is 4.24. The lowest BCUT2D eigenvalue weighted by Crippen LogP contribution is -2.32. The Labute approximate surface area is 156 Å². The zero-order valence-corrected chi connectivity index (χ0v) is 15.2. The van der Waals surface area contributed by atoms with E-state index < -0.39 is 10.8 Å². The Balaban J connectivity index is 1.82. The van der Waals surface area contributed by atoms with Gasteiger partial charge in [0.15, 0.2) is 0 Å². The van der Waals surface area contributed by atoms with Crippen LogP contribution in [0.3, 0.4) is 0 Å². The largest absolute Gasteiger partial charge is 0.333 e. The van der Waals surface area contributed by atoms with Gasteiger partial charge in [0, 0.05) is 17.2 Å². The summed E-state index contributed by atoms with van der Waals surface area (Å²) in [6, 6.07) is 29.0. The molecule has 0 aliphatic heterocycles. The topological polar surface area (TPSA) is 37.4 Å². The monoisotopic (exact) mass is 363 g/mol. The number of rotatable bonds is 8. The van der Waals surface area contributed by atoms with Crippen LogP contribution in [0.5, 0.6) is 0 Å². The van der Waals surface area contributed by atoms with E-state index in [4.69, 9.17) is 0 Å². The van der Waals surface area contributed by atoms with Crippen LogP contribution < -0.4 is 0 Å². The first-order valence-corrected chi connectivity index (χ1v) is 9.86. The van der Waals surface area contributed by atoms with Gasteiger partial charge in [0.25, 0.3) is 0 Å². The van der Waals surface area contributed by atoms with E-state index in [1.807, 2.05) is 91.0 Å². The van der Waals surface area contributed by atoms with Crippen molar-refractivity contribution >= 4 is 17.2 Å². The molecule has 1 atom stereocenters. The van der Waals surface area contributed by atoms with Crippen molar-refractivity contribution in [3.63, 3.8) is 0 Å². The van der Waals surface area contributed by atoms with Gasteiger partial charge in [-0.25, -0.2) is 0 Å². The number of carbonyl (C=O) groups excluding carboxylic acids is 1. The lowest BCUT2D eigenvalue weighted by Gasteiger charge is -2.29. The number of hydrogen-bond donors (Lipinski definition) is 0. The summed E-state index contributed by atoms with van der Waals surface area (Å²) in [5.74, 6) is 0.402. The van der Waals surface area contributed by atoms with Crippen molar-refractivity contribution in [3.05, 3.63) is 102 Å². The summed E-state index contributed by atoms with van der Waals surface area (Å²) in [7, 11) is -1.14. The molecule has 1 unspecified atom stereocenters. The molecule has 0 radical (unpaired) electrons. The van der Waals surface area contributed by atoms with Crippen LogP contribution in [0.15, 0.2) is 95.9 Å². The predicted molar refractivity (Wildman–Crippen MR) is 105 cm³/mol. The molecule has 0 aliphatic rings. The van der Waals surface area contributed by atoms with Crippen LogP contribution in [0.25, 0.3) is 0 Å². The summed E-state index contributed by atoms with van der Waals surface area (Å²) in [4.78, 5) is 14.4. The van der Waals surface area contributed by atoms with Gasteiger partial charge in [-0.3, -0.25) is 9.00 Å². The standard InChI is InChI=1S/C22H21NO2S/c24-18-23(16-17-26(25)21-14-8-3-9-15-21)22(19-10-4-1-5-11-19)20-12-6-2-7-13-20/h1-15,18,22H,16-17H2. The zero-order valence-electron chi connectivity index (χ0n) is 14.4. The first-order valence-electron chi connectivity index (χ1n) is 8.54. The van der Waals surface area contributed by atoms with Crippen LogP contribution in [0, 0.1) is 0 Å². The van der Waals surface area contributed by atoms with E-state index >= 15 is 0 Å². The molecule has 3 nitrogen and oxygen atoms in total. The Morgan fingerprint density at radius 2 is 1.23 bits per heavy atom. The van der Waals surface area contributed by atoms with Gasteiger partial charge in [-0.1, -0.05) is 78.9 Å². The van der Waals surface area contributed by atoms with Crippen LogP contribution >= 0.6 is 0 Å². The van der Waals surface area contributed by atoms with E-state index in [0.29, 0.717) is 12.3 Å². The number of nitrogens with zero attached hydrogens (tertiary/aromatic N) is 1. The average Bonchev–Trinajstić information content (AvgIpc) is 2.72. The third kappa shape index (κ3) is 4.46. The maximum absolute atomic E-state index is 12.5. The van der Waals surface area contributed by atoms with Crippen molar-refractivity contribution in [2.75, 3.05) is 12.3 Å². The lowest BCUT2D eigenvalue weighted by molar-refractivity contribution is -0.119. The smallest absolute Gasteiger partial charge is 0.210 e. The average molecular weight is 363 g/mol. The molecule has 0 aromatic heterocycles. The Morgan fingerprint density at radius 1 is 0.769 bits per heavy atom. The fourth-order valence-electron chi connectivity index (χ4n) is 2.97. The molecule has 0 N–H and O–H groups in total. The number of hydrogen-bond acceptors (Lipinski definition) is 2. The minimum absolute atomic E-state index is 0.192. The Kier molecular flexibility index (Phi) is 6.34. The maximum atomic E-state index is 12.5. The number of amides is 1. The molecule has 0 fully saturated rings. The molecule has 0 saturated heterocycles. The summed E-state index contributed by atoms with van der Waals surface area (Å²) < 4.78 is 12.5. The Morgan fingerprint density at radius 3 is 1.69 bits per heavy atom. The summed E-state index contributed by atoms with van der Waals surface area (Å²) in [5, 5.41) is 0. The van der Waals surface area contributed by atoms with Gasteiger partial charge in [-0.2, -0.15) is 0 Å². The SMILES string of the molecule is O=CN(CCS(=O)c1ccccc1)C(c1ccccc1)c1ccccc1. The van der Waals surface area contributed by atoms with Crippen molar-refractivity contribution in [2.45, 2.75) is 10.9 Å². The van der Waals surface area contributed by atoms with E-state index in [-0.39, 0.29) is 6.04 Å². The van der Waals surface area contributed by atoms with Gasteiger partial charge < -0.3 is 4.90 Å². The molecular formula is C22H21NO2S. The molecule has 3 aromatic rings. The highest BCUT2D eigenvalue weighted by atomic mass is 32.2. The first kappa shape index (κ1) is 18.1. The minimum atomic E-state index is -1.14. The Bertz CT molecular complexity index is 798. The van der Waals surface area contributed by atoms with Gasteiger partial charge in [0.05, 0.1) is 16.8 Å². The highest BCUT2D eigenvalue weighted by Crippen LogP contribution is 2.27. The Hall–Kier alpha value is -2.72. The second kappa shape index (κ2) is 9.11. The fraction of sp³-hybridized carbons (Fsp3) is 0.136. The molecule has 0 spiro atoms. The van der Waals surface area contributed by atoms with E-state index in [1.54, 1.807) is 4.90 Å². The van der Waals surface area contributed by atoms with Crippen molar-refractivity contribution < 1.29 is 9.00 Å². The molecule has 0 bridgehead atoms. The quantitative estimate of drug-likeness (QED) is 0.567. The summed E-state index contributed by atoms with van der Waals surface area (Å²) >= 11 is 0. The van der Waals surface area contributed by atoms with Crippen LogP contribution in [-0.2, 0) is 15.6 Å². The summed E-state index contributed by atoms with van der Waals surface area (Å²) in [5.41, 5.74) is 2.08. The highest BCUT2D eigenvalue weighted by molar-refractivity contribution is 7.85. The lowest BCUT2D eigenvalue weighted by atomic mass is 9.97. The number of carbonyl (C=O) groups is 1. The molecule has 0 heterocycles. The minimum Gasteiger partial charge on any atom is -0.333 e. The number of benzene rings is 3. The molecule has 1 amide bonds. The van der Waals surface area contributed by atoms with Crippen molar-refractivity contribution in [3.8, 4) is 0 Å². The van der Waals surface area contributed by atoms with Gasteiger partial charge >= 0.3 is 0 Å². The molecule has 26 heavy (non-hydrogen) atoms. The highest BCUT2D eigenvalue weighted by Gasteiger charge is 2.21. The van der Waals surface area contributed by atoms with E-state index in [1.165, 1.54) is 0 Å². The molecule has 0 aliphatic carbocycles. The van der Waals surface area contributed by atoms with Crippen LogP contribution in [-0.4, -0.2) is 27.8 Å². The molecule has 132 valence electrons. The summed E-state index contributed by atoms with van der Waals surface area (Å²) in [6.45, 7) is 0.416. The van der Waals surface area contributed by atoms with Crippen LogP contribution in [0.1, 0.15) is 17.2 Å². The molecule has 3 aromatic carbocycles. The predicted octanol–water partition coefficient (Wildman–Crippen LogP) is 4.04. The van der Waals surface area contributed by atoms with Crippen molar-refractivity contribution in [1.82, 2.24) is 4.90 Å². The maximum Gasteiger partial charge on any atom is 0.210 e. The van der Waals surface area contributed by atoms with E-state index in [9.17, 15) is 9.00 Å². The third-order valence-corrected chi connectivity index (χ3v) is 5.59. The van der Waals surface area contributed by atoms with Gasteiger partial charge in [-0.05, 0) is 23.3 Å². The van der Waals surface area contributed by atoms with Crippen molar-refractivity contribution in [2.24, 2.45) is 0 Å². The first-order chi connectivity index (χ1) is 12.8. The van der Waals surface area contributed by atoms with Gasteiger partial charge in [0.2, 0.25) is 6.41 Å². The van der Waals surface area contributed by atoms with Crippen molar-refractivity contribution in [1.29, 1.82) is 0 Å². The van der Waals surface area contributed by atoms with Crippen LogP contribution in [0.2, 0.25) is 0 Å². The second-order valence-electron chi connectivity index (χ2n) is 5.93. The second-order valence-corrected chi connectivity index (χ2v) is 7.50. The normalized spacial score (nSPS) is 11.9.